The van der Waals surface area contributed by atoms with Crippen molar-refractivity contribution < 1.29 is 14.3 Å². The van der Waals surface area contributed by atoms with Gasteiger partial charge >= 0.3 is 0 Å². The zero-order valence-electron chi connectivity index (χ0n) is 11.3. The highest BCUT2D eigenvalue weighted by Gasteiger charge is 2.10. The number of rotatable bonds is 6. The van der Waals surface area contributed by atoms with Crippen LogP contribution in [0, 0.1) is 0 Å². The van der Waals surface area contributed by atoms with E-state index in [1.807, 2.05) is 13.0 Å². The molecule has 1 N–H and O–H groups in total. The molecule has 2 rings (SSSR count). The summed E-state index contributed by atoms with van der Waals surface area (Å²) in [5, 5.41) is 11.7. The lowest BCUT2D eigenvalue weighted by Gasteiger charge is -2.05. The van der Waals surface area contributed by atoms with Crippen LogP contribution >= 0.6 is 11.3 Å². The molecule has 20 heavy (non-hydrogen) atoms. The first-order chi connectivity index (χ1) is 9.72. The molecule has 1 aromatic heterocycles. The summed E-state index contributed by atoms with van der Waals surface area (Å²) in [7, 11) is 1.58. The number of hydrogen-bond donors (Lipinski definition) is 1. The van der Waals surface area contributed by atoms with Gasteiger partial charge in [-0.2, -0.15) is 0 Å². The van der Waals surface area contributed by atoms with Crippen LogP contribution in [0.2, 0.25) is 0 Å². The SMILES string of the molecule is CCOc1cccc(C(=O)Nc2nnc(COC)s2)c1. The number of nitrogens with zero attached hydrogens (tertiary/aromatic N) is 2. The van der Waals surface area contributed by atoms with Crippen LogP contribution in [-0.2, 0) is 11.3 Å². The van der Waals surface area contributed by atoms with Crippen LogP contribution in [0.25, 0.3) is 0 Å². The molecule has 0 saturated carbocycles. The molecule has 106 valence electrons. The molecular weight excluding hydrogens is 278 g/mol. The van der Waals surface area contributed by atoms with Crippen molar-refractivity contribution in [3.05, 3.63) is 34.8 Å². The van der Waals surface area contributed by atoms with E-state index in [0.717, 1.165) is 0 Å². The Morgan fingerprint density at radius 3 is 3.00 bits per heavy atom. The van der Waals surface area contributed by atoms with Gasteiger partial charge < -0.3 is 9.47 Å². The minimum atomic E-state index is -0.244. The standard InChI is InChI=1S/C13H15N3O3S/c1-3-19-10-6-4-5-9(7-10)12(17)14-13-16-15-11(20-13)8-18-2/h4-7H,3,8H2,1-2H3,(H,14,16,17). The molecule has 6 nitrogen and oxygen atoms in total. The van der Waals surface area contributed by atoms with Crippen molar-refractivity contribution in [3.63, 3.8) is 0 Å². The minimum Gasteiger partial charge on any atom is -0.494 e. The molecule has 0 atom stereocenters. The van der Waals surface area contributed by atoms with Gasteiger partial charge in [0, 0.05) is 12.7 Å². The van der Waals surface area contributed by atoms with Gasteiger partial charge in [-0.05, 0) is 25.1 Å². The van der Waals surface area contributed by atoms with Gasteiger partial charge in [0.15, 0.2) is 0 Å². The lowest BCUT2D eigenvalue weighted by atomic mass is 10.2. The van der Waals surface area contributed by atoms with Crippen LogP contribution in [0.3, 0.4) is 0 Å². The minimum absolute atomic E-state index is 0.244. The predicted octanol–water partition coefficient (Wildman–Crippen LogP) is 2.34. The molecule has 2 aromatic rings. The Morgan fingerprint density at radius 1 is 1.40 bits per heavy atom. The Kier molecular flexibility index (Phi) is 5.03. The van der Waals surface area contributed by atoms with Crippen LogP contribution in [0.5, 0.6) is 5.75 Å². The topological polar surface area (TPSA) is 73.3 Å². The van der Waals surface area contributed by atoms with Crippen LogP contribution in [0.15, 0.2) is 24.3 Å². The molecule has 0 bridgehead atoms. The first-order valence-corrected chi connectivity index (χ1v) is 6.90. The van der Waals surface area contributed by atoms with Crippen molar-refractivity contribution in [2.24, 2.45) is 0 Å². The van der Waals surface area contributed by atoms with Gasteiger partial charge in [-0.1, -0.05) is 17.4 Å². The summed E-state index contributed by atoms with van der Waals surface area (Å²) in [5.41, 5.74) is 0.513. The molecule has 0 unspecified atom stereocenters. The summed E-state index contributed by atoms with van der Waals surface area (Å²) in [6.45, 7) is 2.83. The molecule has 1 aromatic carbocycles. The molecule has 0 radical (unpaired) electrons. The number of amides is 1. The summed E-state index contributed by atoms with van der Waals surface area (Å²) >= 11 is 1.28. The van der Waals surface area contributed by atoms with E-state index in [2.05, 4.69) is 15.5 Å². The Hall–Kier alpha value is -1.99. The van der Waals surface area contributed by atoms with Crippen LogP contribution in [-0.4, -0.2) is 29.8 Å². The molecule has 1 heterocycles. The second-order valence-electron chi connectivity index (χ2n) is 3.85. The second-order valence-corrected chi connectivity index (χ2v) is 4.91. The molecule has 1 amide bonds. The van der Waals surface area contributed by atoms with E-state index in [9.17, 15) is 4.79 Å². The number of hydrogen-bond acceptors (Lipinski definition) is 6. The van der Waals surface area contributed by atoms with Crippen LogP contribution in [0.4, 0.5) is 5.13 Å². The van der Waals surface area contributed by atoms with Gasteiger partial charge in [-0.3, -0.25) is 10.1 Å². The zero-order valence-corrected chi connectivity index (χ0v) is 12.1. The van der Waals surface area contributed by atoms with E-state index in [4.69, 9.17) is 9.47 Å². The average Bonchev–Trinajstić information content (AvgIpc) is 2.87. The third kappa shape index (κ3) is 3.75. The number of nitrogens with one attached hydrogen (secondary N) is 1. The second kappa shape index (κ2) is 6.97. The molecule has 0 fully saturated rings. The van der Waals surface area contributed by atoms with Gasteiger partial charge in [-0.25, -0.2) is 0 Å². The third-order valence-corrected chi connectivity index (χ3v) is 3.17. The highest BCUT2D eigenvalue weighted by molar-refractivity contribution is 7.15. The fourth-order valence-corrected chi connectivity index (χ4v) is 2.26. The van der Waals surface area contributed by atoms with Gasteiger partial charge in [0.05, 0.1) is 6.61 Å². The smallest absolute Gasteiger partial charge is 0.257 e. The van der Waals surface area contributed by atoms with Gasteiger partial charge in [-0.15, -0.1) is 10.2 Å². The number of benzene rings is 1. The molecule has 0 aliphatic carbocycles. The number of carbonyl (C=O) groups excluding carboxylic acids is 1. The van der Waals surface area contributed by atoms with Crippen molar-refractivity contribution >= 4 is 22.4 Å². The first kappa shape index (κ1) is 14.4. The van der Waals surface area contributed by atoms with Crippen molar-refractivity contribution in [2.75, 3.05) is 19.0 Å². The molecule has 7 heteroatoms. The van der Waals surface area contributed by atoms with Gasteiger partial charge in [0.2, 0.25) is 5.13 Å². The average molecular weight is 293 g/mol. The van der Waals surface area contributed by atoms with Crippen LogP contribution < -0.4 is 10.1 Å². The monoisotopic (exact) mass is 293 g/mol. The largest absolute Gasteiger partial charge is 0.494 e. The van der Waals surface area contributed by atoms with Crippen LogP contribution in [0.1, 0.15) is 22.3 Å². The molecule has 0 saturated heterocycles. The number of aromatic nitrogens is 2. The zero-order chi connectivity index (χ0) is 14.4. The van der Waals surface area contributed by atoms with Gasteiger partial charge in [0.1, 0.15) is 17.4 Å². The van der Waals surface area contributed by atoms with E-state index in [1.54, 1.807) is 25.3 Å². The maximum Gasteiger partial charge on any atom is 0.257 e. The predicted molar refractivity (Wildman–Crippen MR) is 76.2 cm³/mol. The maximum atomic E-state index is 12.1. The van der Waals surface area contributed by atoms with Crippen molar-refractivity contribution in [2.45, 2.75) is 13.5 Å². The Morgan fingerprint density at radius 2 is 2.25 bits per heavy atom. The van der Waals surface area contributed by atoms with Crippen molar-refractivity contribution in [3.8, 4) is 5.75 Å². The fraction of sp³-hybridized carbons (Fsp3) is 0.308. The highest BCUT2D eigenvalue weighted by Crippen LogP contribution is 2.18. The molecule has 0 aliphatic heterocycles. The summed E-state index contributed by atoms with van der Waals surface area (Å²) in [4.78, 5) is 12.1. The fourth-order valence-electron chi connectivity index (χ4n) is 1.55. The van der Waals surface area contributed by atoms with E-state index in [0.29, 0.717) is 34.7 Å². The quantitative estimate of drug-likeness (QED) is 0.885. The summed E-state index contributed by atoms with van der Waals surface area (Å²) in [6.07, 6.45) is 0. The van der Waals surface area contributed by atoms with E-state index < -0.39 is 0 Å². The number of methoxy groups -OCH3 is 1. The number of anilines is 1. The lowest BCUT2D eigenvalue weighted by Crippen LogP contribution is -2.11. The molecule has 0 spiro atoms. The van der Waals surface area contributed by atoms with E-state index in [1.165, 1.54) is 11.3 Å². The number of ether oxygens (including phenoxy) is 2. The first-order valence-electron chi connectivity index (χ1n) is 6.08. The third-order valence-electron chi connectivity index (χ3n) is 2.36. The summed E-state index contributed by atoms with van der Waals surface area (Å²) < 4.78 is 10.3. The Balaban J connectivity index is 2.05. The summed E-state index contributed by atoms with van der Waals surface area (Å²) in [6, 6.07) is 6.99. The van der Waals surface area contributed by atoms with E-state index in [-0.39, 0.29) is 5.91 Å². The lowest BCUT2D eigenvalue weighted by molar-refractivity contribution is 0.102. The molecular formula is C13H15N3O3S. The maximum absolute atomic E-state index is 12.1. The Bertz CT molecular complexity index is 586. The highest BCUT2D eigenvalue weighted by atomic mass is 32.1. The molecule has 0 aliphatic rings. The summed E-state index contributed by atoms with van der Waals surface area (Å²) in [5.74, 6) is 0.421. The van der Waals surface area contributed by atoms with Crippen molar-refractivity contribution in [1.29, 1.82) is 0 Å². The number of carbonyl (C=O) groups is 1. The van der Waals surface area contributed by atoms with Crippen molar-refractivity contribution in [1.82, 2.24) is 10.2 Å². The Labute approximate surface area is 120 Å². The normalized spacial score (nSPS) is 10.3. The van der Waals surface area contributed by atoms with Gasteiger partial charge in [0.25, 0.3) is 5.91 Å². The van der Waals surface area contributed by atoms with E-state index >= 15 is 0 Å².